The number of piperidine rings is 1. The highest BCUT2D eigenvalue weighted by atomic mass is 79.9. The van der Waals surface area contributed by atoms with Crippen molar-refractivity contribution in [1.29, 1.82) is 0 Å². The Balaban J connectivity index is 2.10. The van der Waals surface area contributed by atoms with Crippen molar-refractivity contribution in [1.82, 2.24) is 9.80 Å². The number of halogens is 1. The number of likely N-dealkylation sites (N-methyl/N-ethyl adjacent to an activating group) is 1. The zero-order valence-electron chi connectivity index (χ0n) is 12.6. The molecule has 1 aliphatic rings. The maximum absolute atomic E-state index is 12.6. The highest BCUT2D eigenvalue weighted by Gasteiger charge is 2.31. The number of aliphatic hydroxyl groups is 1. The summed E-state index contributed by atoms with van der Waals surface area (Å²) in [5.41, 5.74) is 0.650. The van der Waals surface area contributed by atoms with Gasteiger partial charge in [-0.3, -0.25) is 4.79 Å². The van der Waals surface area contributed by atoms with Crippen molar-refractivity contribution in [2.45, 2.75) is 31.4 Å². The van der Waals surface area contributed by atoms with Gasteiger partial charge in [-0.1, -0.05) is 28.1 Å². The van der Waals surface area contributed by atoms with Gasteiger partial charge in [0.1, 0.15) is 0 Å². The van der Waals surface area contributed by atoms with Crippen LogP contribution in [0.25, 0.3) is 0 Å². The molecule has 0 saturated carbocycles. The first kappa shape index (κ1) is 16.5. The quantitative estimate of drug-likeness (QED) is 0.902. The van der Waals surface area contributed by atoms with E-state index in [1.165, 1.54) is 0 Å². The minimum Gasteiger partial charge on any atom is -0.378 e. The topological polar surface area (TPSA) is 43.8 Å². The molecule has 1 amide bonds. The highest BCUT2D eigenvalue weighted by Crippen LogP contribution is 2.24. The first-order chi connectivity index (χ1) is 9.99. The van der Waals surface area contributed by atoms with Crippen LogP contribution in [-0.2, 0) is 4.79 Å². The van der Waals surface area contributed by atoms with Gasteiger partial charge in [0, 0.05) is 23.6 Å². The molecule has 0 aromatic heterocycles. The maximum atomic E-state index is 12.6. The van der Waals surface area contributed by atoms with Crippen molar-refractivity contribution in [2.75, 3.05) is 27.2 Å². The number of benzene rings is 1. The highest BCUT2D eigenvalue weighted by molar-refractivity contribution is 9.10. The molecule has 0 spiro atoms. The van der Waals surface area contributed by atoms with E-state index in [1.807, 2.05) is 31.1 Å². The van der Waals surface area contributed by atoms with Crippen molar-refractivity contribution >= 4 is 21.8 Å². The lowest BCUT2D eigenvalue weighted by atomic mass is 9.99. The Bertz CT molecular complexity index is 476. The van der Waals surface area contributed by atoms with Crippen LogP contribution in [0.15, 0.2) is 28.7 Å². The van der Waals surface area contributed by atoms with Crippen molar-refractivity contribution < 1.29 is 9.90 Å². The Morgan fingerprint density at radius 2 is 2.05 bits per heavy atom. The van der Waals surface area contributed by atoms with Crippen LogP contribution in [0.1, 0.15) is 30.9 Å². The SMILES string of the molecule is CN(C)CC1CCCCN1C(=O)C(O)c1ccc(Br)cc1. The molecular formula is C16H23BrN2O2. The van der Waals surface area contributed by atoms with E-state index in [0.29, 0.717) is 5.56 Å². The molecule has 116 valence electrons. The number of aliphatic hydroxyl groups excluding tert-OH is 1. The lowest BCUT2D eigenvalue weighted by Crippen LogP contribution is -2.49. The third-order valence-electron chi connectivity index (χ3n) is 3.91. The summed E-state index contributed by atoms with van der Waals surface area (Å²) in [5.74, 6) is -0.177. The summed E-state index contributed by atoms with van der Waals surface area (Å²) in [7, 11) is 4.03. The fourth-order valence-corrected chi connectivity index (χ4v) is 3.11. The van der Waals surface area contributed by atoms with Gasteiger partial charge in [0.25, 0.3) is 5.91 Å². The normalized spacial score (nSPS) is 20.6. The second-order valence-electron chi connectivity index (χ2n) is 5.90. The predicted molar refractivity (Wildman–Crippen MR) is 87.0 cm³/mol. The number of rotatable bonds is 4. The summed E-state index contributed by atoms with van der Waals surface area (Å²) in [6.07, 6.45) is 2.11. The molecule has 2 atom stereocenters. The Morgan fingerprint density at radius 1 is 1.38 bits per heavy atom. The largest absolute Gasteiger partial charge is 0.378 e. The van der Waals surface area contributed by atoms with E-state index in [4.69, 9.17) is 0 Å². The molecule has 2 unspecified atom stereocenters. The molecule has 1 fully saturated rings. The molecule has 1 aliphatic heterocycles. The Morgan fingerprint density at radius 3 is 2.67 bits per heavy atom. The van der Waals surface area contributed by atoms with Crippen molar-refractivity contribution in [3.8, 4) is 0 Å². The first-order valence-corrected chi connectivity index (χ1v) is 8.17. The maximum Gasteiger partial charge on any atom is 0.256 e. The predicted octanol–water partition coefficient (Wildman–Crippen LogP) is 2.43. The molecule has 1 N–H and O–H groups in total. The molecule has 2 rings (SSSR count). The van der Waals surface area contributed by atoms with E-state index in [9.17, 15) is 9.90 Å². The van der Waals surface area contributed by atoms with Crippen molar-refractivity contribution in [2.24, 2.45) is 0 Å². The summed E-state index contributed by atoms with van der Waals surface area (Å²) in [5, 5.41) is 10.4. The minimum atomic E-state index is -1.07. The third-order valence-corrected chi connectivity index (χ3v) is 4.43. The number of carbonyl (C=O) groups excluding carboxylic acids is 1. The summed E-state index contributed by atoms with van der Waals surface area (Å²) >= 11 is 3.36. The summed E-state index contributed by atoms with van der Waals surface area (Å²) in [6, 6.07) is 7.47. The summed E-state index contributed by atoms with van der Waals surface area (Å²) in [6.45, 7) is 1.59. The van der Waals surface area contributed by atoms with E-state index in [1.54, 1.807) is 12.1 Å². The van der Waals surface area contributed by atoms with Gasteiger partial charge in [0.05, 0.1) is 0 Å². The fraction of sp³-hybridized carbons (Fsp3) is 0.562. The van der Waals surface area contributed by atoms with Crippen LogP contribution in [0.2, 0.25) is 0 Å². The van der Waals surface area contributed by atoms with Gasteiger partial charge in [0.15, 0.2) is 6.10 Å². The van der Waals surface area contributed by atoms with Gasteiger partial charge >= 0.3 is 0 Å². The van der Waals surface area contributed by atoms with Crippen LogP contribution < -0.4 is 0 Å². The monoisotopic (exact) mass is 354 g/mol. The molecule has 1 aromatic carbocycles. The lowest BCUT2D eigenvalue weighted by Gasteiger charge is -2.38. The van der Waals surface area contributed by atoms with E-state index in [0.717, 1.165) is 36.8 Å². The Hall–Kier alpha value is -0.910. The van der Waals surface area contributed by atoms with Crippen LogP contribution in [0.3, 0.4) is 0 Å². The van der Waals surface area contributed by atoms with Gasteiger partial charge in [-0.2, -0.15) is 0 Å². The molecule has 0 aliphatic carbocycles. The first-order valence-electron chi connectivity index (χ1n) is 7.38. The lowest BCUT2D eigenvalue weighted by molar-refractivity contribution is -0.144. The zero-order chi connectivity index (χ0) is 15.4. The van der Waals surface area contributed by atoms with Crippen molar-refractivity contribution in [3.05, 3.63) is 34.3 Å². The molecule has 5 heteroatoms. The smallest absolute Gasteiger partial charge is 0.256 e. The molecule has 21 heavy (non-hydrogen) atoms. The van der Waals surface area contributed by atoms with E-state index in [-0.39, 0.29) is 11.9 Å². The number of carbonyl (C=O) groups is 1. The molecule has 1 heterocycles. The molecular weight excluding hydrogens is 332 g/mol. The summed E-state index contributed by atoms with van der Waals surface area (Å²) < 4.78 is 0.939. The number of hydrogen-bond donors (Lipinski definition) is 1. The second kappa shape index (κ2) is 7.38. The van der Waals surface area contributed by atoms with Crippen LogP contribution >= 0.6 is 15.9 Å². The van der Waals surface area contributed by atoms with E-state index >= 15 is 0 Å². The second-order valence-corrected chi connectivity index (χ2v) is 6.81. The molecule has 1 saturated heterocycles. The van der Waals surface area contributed by atoms with Gasteiger partial charge in [-0.15, -0.1) is 0 Å². The fourth-order valence-electron chi connectivity index (χ4n) is 2.85. The van der Waals surface area contributed by atoms with Crippen molar-refractivity contribution in [3.63, 3.8) is 0 Å². The van der Waals surface area contributed by atoms with Gasteiger partial charge in [0.2, 0.25) is 0 Å². The van der Waals surface area contributed by atoms with Crippen LogP contribution in [0.5, 0.6) is 0 Å². The average molecular weight is 355 g/mol. The zero-order valence-corrected chi connectivity index (χ0v) is 14.2. The van der Waals surface area contributed by atoms with E-state index in [2.05, 4.69) is 20.8 Å². The number of likely N-dealkylation sites (tertiary alicyclic amines) is 1. The average Bonchev–Trinajstić information content (AvgIpc) is 2.46. The van der Waals surface area contributed by atoms with Crippen LogP contribution in [0.4, 0.5) is 0 Å². The molecule has 0 bridgehead atoms. The number of hydrogen-bond acceptors (Lipinski definition) is 3. The van der Waals surface area contributed by atoms with Gasteiger partial charge in [-0.25, -0.2) is 0 Å². The van der Waals surface area contributed by atoms with Gasteiger partial charge in [-0.05, 0) is 51.1 Å². The summed E-state index contributed by atoms with van der Waals surface area (Å²) in [4.78, 5) is 16.6. The van der Waals surface area contributed by atoms with E-state index < -0.39 is 6.10 Å². The number of amides is 1. The molecule has 1 aromatic rings. The Kier molecular flexibility index (Phi) is 5.79. The molecule has 4 nitrogen and oxygen atoms in total. The molecule has 0 radical (unpaired) electrons. The van der Waals surface area contributed by atoms with Gasteiger partial charge < -0.3 is 14.9 Å². The van der Waals surface area contributed by atoms with Crippen LogP contribution in [0, 0.1) is 0 Å². The standard InChI is InChI=1S/C16H23BrN2O2/c1-18(2)11-14-5-3-4-10-19(14)16(21)15(20)12-6-8-13(17)9-7-12/h6-9,14-15,20H,3-5,10-11H2,1-2H3. The number of nitrogens with zero attached hydrogens (tertiary/aromatic N) is 2. The van der Waals surface area contributed by atoms with Crippen LogP contribution in [-0.4, -0.2) is 54.0 Å². The third kappa shape index (κ3) is 4.28. The Labute approximate surface area is 134 Å². The minimum absolute atomic E-state index is 0.177.